The zero-order valence-electron chi connectivity index (χ0n) is 10.3. The lowest BCUT2D eigenvalue weighted by molar-refractivity contribution is -0.137. The van der Waals surface area contributed by atoms with E-state index >= 15 is 0 Å². The third-order valence-corrected chi connectivity index (χ3v) is 3.02. The molecule has 1 aromatic rings. The number of ether oxygens (including phenoxy) is 1. The fourth-order valence-electron chi connectivity index (χ4n) is 1.85. The Morgan fingerprint density at radius 1 is 1.47 bits per heavy atom. The van der Waals surface area contributed by atoms with E-state index in [0.29, 0.717) is 18.0 Å². The Balaban J connectivity index is 1.68. The summed E-state index contributed by atoms with van der Waals surface area (Å²) in [5.41, 5.74) is 1.06. The molecule has 0 radical (unpaired) electrons. The molecule has 0 aromatic heterocycles. The van der Waals surface area contributed by atoms with Crippen LogP contribution in [0.3, 0.4) is 0 Å². The summed E-state index contributed by atoms with van der Waals surface area (Å²) in [6, 6.07) is 6.99. The predicted octanol–water partition coefficient (Wildman–Crippen LogP) is 1.50. The number of benzene rings is 1. The summed E-state index contributed by atoms with van der Waals surface area (Å²) in [5, 5.41) is 6.10. The number of carbonyl (C=O) groups excluding carboxylic acids is 2. The van der Waals surface area contributed by atoms with Gasteiger partial charge in [-0.05, 0) is 24.1 Å². The zero-order valence-corrected chi connectivity index (χ0v) is 11.1. The van der Waals surface area contributed by atoms with Crippen molar-refractivity contribution in [2.75, 3.05) is 13.2 Å². The largest absolute Gasteiger partial charge is 0.463 e. The molecule has 2 rings (SSSR count). The van der Waals surface area contributed by atoms with Gasteiger partial charge >= 0.3 is 12.0 Å². The molecule has 0 spiro atoms. The maximum absolute atomic E-state index is 11.5. The fraction of sp³-hybridized carbons (Fsp3) is 0.385. The van der Waals surface area contributed by atoms with Crippen molar-refractivity contribution in [3.63, 3.8) is 0 Å². The topological polar surface area (TPSA) is 67.4 Å². The van der Waals surface area contributed by atoms with Crippen LogP contribution in [0.1, 0.15) is 12.0 Å². The molecular weight excluding hydrogens is 268 g/mol. The summed E-state index contributed by atoms with van der Waals surface area (Å²) in [6.07, 6.45) is 0.940. The van der Waals surface area contributed by atoms with Crippen molar-refractivity contribution in [2.24, 2.45) is 0 Å². The maximum atomic E-state index is 11.5. The van der Waals surface area contributed by atoms with Gasteiger partial charge in [-0.3, -0.25) is 4.79 Å². The molecule has 1 atom stereocenters. The third kappa shape index (κ3) is 4.44. The van der Waals surface area contributed by atoms with E-state index in [-0.39, 0.29) is 31.1 Å². The van der Waals surface area contributed by atoms with E-state index in [1.54, 1.807) is 0 Å². The van der Waals surface area contributed by atoms with Crippen LogP contribution in [-0.2, 0) is 16.0 Å². The molecule has 5 nitrogen and oxygen atoms in total. The molecule has 2 N–H and O–H groups in total. The zero-order chi connectivity index (χ0) is 13.7. The Morgan fingerprint density at radius 2 is 2.32 bits per heavy atom. The predicted molar refractivity (Wildman–Crippen MR) is 71.1 cm³/mol. The normalized spacial score (nSPS) is 17.9. The molecule has 2 amide bonds. The Bertz CT molecular complexity index is 479. The second kappa shape index (κ2) is 6.43. The maximum Gasteiger partial charge on any atom is 0.315 e. The molecule has 1 aliphatic heterocycles. The molecule has 0 aliphatic carbocycles. The minimum absolute atomic E-state index is 0.223. The van der Waals surface area contributed by atoms with Crippen molar-refractivity contribution in [1.82, 2.24) is 10.6 Å². The van der Waals surface area contributed by atoms with Gasteiger partial charge in [0, 0.05) is 11.6 Å². The molecular formula is C13H15ClN2O3. The number of rotatable bonds is 4. The lowest BCUT2D eigenvalue weighted by Crippen LogP contribution is -2.43. The molecule has 0 saturated carbocycles. The van der Waals surface area contributed by atoms with Gasteiger partial charge in [-0.2, -0.15) is 0 Å². The number of nitrogens with one attached hydrogen (secondary N) is 2. The van der Waals surface area contributed by atoms with E-state index in [9.17, 15) is 9.59 Å². The number of halogens is 1. The van der Waals surface area contributed by atoms with Crippen molar-refractivity contribution in [3.8, 4) is 0 Å². The monoisotopic (exact) mass is 282 g/mol. The second-order valence-electron chi connectivity index (χ2n) is 4.36. The standard InChI is InChI=1S/C13H15ClN2O3/c14-10-3-1-2-9(6-10)4-5-15-13(18)16-11-7-12(17)19-8-11/h1-3,6,11H,4-5,7-8H2,(H2,15,16,18)/t11-/m0/s1. The molecule has 19 heavy (non-hydrogen) atoms. The molecule has 0 bridgehead atoms. The number of carbonyl (C=O) groups is 2. The molecule has 1 fully saturated rings. The first-order chi connectivity index (χ1) is 9.13. The Labute approximate surface area is 116 Å². The van der Waals surface area contributed by atoms with E-state index in [0.717, 1.165) is 5.56 Å². The van der Waals surface area contributed by atoms with Gasteiger partial charge in [0.05, 0.1) is 12.5 Å². The summed E-state index contributed by atoms with van der Waals surface area (Å²) in [4.78, 5) is 22.4. The van der Waals surface area contributed by atoms with Gasteiger partial charge in [-0.25, -0.2) is 4.79 Å². The van der Waals surface area contributed by atoms with Crippen molar-refractivity contribution < 1.29 is 14.3 Å². The summed E-state index contributed by atoms with van der Waals surface area (Å²) < 4.78 is 4.76. The lowest BCUT2D eigenvalue weighted by atomic mass is 10.1. The molecule has 0 unspecified atom stereocenters. The van der Waals surface area contributed by atoms with Crippen LogP contribution < -0.4 is 10.6 Å². The summed E-state index contributed by atoms with van der Waals surface area (Å²) in [7, 11) is 0. The molecule has 102 valence electrons. The number of urea groups is 1. The number of cyclic esters (lactones) is 1. The van der Waals surface area contributed by atoms with Crippen LogP contribution in [0, 0.1) is 0 Å². The second-order valence-corrected chi connectivity index (χ2v) is 4.80. The smallest absolute Gasteiger partial charge is 0.315 e. The van der Waals surface area contributed by atoms with Crippen LogP contribution in [0.25, 0.3) is 0 Å². The SMILES string of the molecule is O=C(NCCc1cccc(Cl)c1)N[C@@H]1COC(=O)C1. The van der Waals surface area contributed by atoms with E-state index in [2.05, 4.69) is 10.6 Å². The highest BCUT2D eigenvalue weighted by Crippen LogP contribution is 2.10. The van der Waals surface area contributed by atoms with Crippen molar-refractivity contribution >= 4 is 23.6 Å². The van der Waals surface area contributed by atoms with Gasteiger partial charge < -0.3 is 15.4 Å². The Hall–Kier alpha value is -1.75. The van der Waals surface area contributed by atoms with Gasteiger partial charge in [0.2, 0.25) is 0 Å². The van der Waals surface area contributed by atoms with Gasteiger partial charge in [-0.15, -0.1) is 0 Å². The number of hydrogen-bond acceptors (Lipinski definition) is 3. The summed E-state index contributed by atoms with van der Waals surface area (Å²) in [5.74, 6) is -0.274. The number of amides is 2. The average Bonchev–Trinajstić information content (AvgIpc) is 2.75. The highest BCUT2D eigenvalue weighted by molar-refractivity contribution is 6.30. The lowest BCUT2D eigenvalue weighted by Gasteiger charge is -2.10. The molecule has 6 heteroatoms. The van der Waals surface area contributed by atoms with Gasteiger partial charge in [0.25, 0.3) is 0 Å². The molecule has 1 aromatic carbocycles. The third-order valence-electron chi connectivity index (χ3n) is 2.78. The van der Waals surface area contributed by atoms with E-state index in [4.69, 9.17) is 16.3 Å². The fourth-order valence-corrected chi connectivity index (χ4v) is 2.07. The van der Waals surface area contributed by atoms with Crippen molar-refractivity contribution in [2.45, 2.75) is 18.9 Å². The van der Waals surface area contributed by atoms with Gasteiger partial charge in [-0.1, -0.05) is 23.7 Å². The molecule has 1 heterocycles. The molecule has 1 saturated heterocycles. The van der Waals surface area contributed by atoms with Crippen LogP contribution in [0.15, 0.2) is 24.3 Å². The first kappa shape index (κ1) is 13.7. The minimum Gasteiger partial charge on any atom is -0.463 e. The first-order valence-corrected chi connectivity index (χ1v) is 6.46. The number of esters is 1. The van der Waals surface area contributed by atoms with E-state index in [1.807, 2.05) is 24.3 Å². The quantitative estimate of drug-likeness (QED) is 0.823. The first-order valence-electron chi connectivity index (χ1n) is 6.08. The van der Waals surface area contributed by atoms with E-state index < -0.39 is 0 Å². The highest BCUT2D eigenvalue weighted by atomic mass is 35.5. The minimum atomic E-state index is -0.287. The van der Waals surface area contributed by atoms with Crippen LogP contribution in [0.2, 0.25) is 5.02 Å². The Kier molecular flexibility index (Phi) is 4.63. The van der Waals surface area contributed by atoms with Crippen molar-refractivity contribution in [3.05, 3.63) is 34.9 Å². The van der Waals surface area contributed by atoms with Crippen LogP contribution in [-0.4, -0.2) is 31.2 Å². The van der Waals surface area contributed by atoms with E-state index in [1.165, 1.54) is 0 Å². The molecule has 1 aliphatic rings. The highest BCUT2D eigenvalue weighted by Gasteiger charge is 2.24. The van der Waals surface area contributed by atoms with Crippen LogP contribution in [0.4, 0.5) is 4.79 Å². The summed E-state index contributed by atoms with van der Waals surface area (Å²) in [6.45, 7) is 0.758. The number of hydrogen-bond donors (Lipinski definition) is 2. The summed E-state index contributed by atoms with van der Waals surface area (Å²) >= 11 is 5.87. The van der Waals surface area contributed by atoms with Crippen LogP contribution in [0.5, 0.6) is 0 Å². The average molecular weight is 283 g/mol. The van der Waals surface area contributed by atoms with Crippen molar-refractivity contribution in [1.29, 1.82) is 0 Å². The Morgan fingerprint density at radius 3 is 3.00 bits per heavy atom. The van der Waals surface area contributed by atoms with Crippen LogP contribution >= 0.6 is 11.6 Å². The van der Waals surface area contributed by atoms with Gasteiger partial charge in [0.15, 0.2) is 0 Å². The van der Waals surface area contributed by atoms with Gasteiger partial charge in [0.1, 0.15) is 6.61 Å².